The summed E-state index contributed by atoms with van der Waals surface area (Å²) in [6, 6.07) is 8.27. The van der Waals surface area contributed by atoms with Crippen molar-refractivity contribution >= 4 is 11.5 Å². The van der Waals surface area contributed by atoms with Crippen LogP contribution in [0.25, 0.3) is 17.0 Å². The minimum Gasteiger partial charge on any atom is -0.493 e. The molecule has 1 aliphatic rings. The van der Waals surface area contributed by atoms with Gasteiger partial charge in [-0.05, 0) is 25.1 Å². The van der Waals surface area contributed by atoms with E-state index in [2.05, 4.69) is 15.6 Å². The first kappa shape index (κ1) is 15.7. The summed E-state index contributed by atoms with van der Waals surface area (Å²) in [5.74, 6) is 2.19. The van der Waals surface area contributed by atoms with Gasteiger partial charge in [0.15, 0.2) is 11.5 Å². The van der Waals surface area contributed by atoms with E-state index in [1.807, 2.05) is 41.1 Å². The summed E-state index contributed by atoms with van der Waals surface area (Å²) in [4.78, 5) is 9.22. The summed E-state index contributed by atoms with van der Waals surface area (Å²) in [7, 11) is 3.24. The summed E-state index contributed by atoms with van der Waals surface area (Å²) in [6.07, 6.45) is 4.80. The van der Waals surface area contributed by atoms with Crippen LogP contribution < -0.4 is 20.1 Å². The Morgan fingerprint density at radius 3 is 2.88 bits per heavy atom. The normalized spacial score (nSPS) is 17.0. The van der Waals surface area contributed by atoms with Crippen molar-refractivity contribution in [2.45, 2.75) is 12.5 Å². The van der Waals surface area contributed by atoms with Crippen LogP contribution in [-0.2, 0) is 0 Å². The maximum absolute atomic E-state index is 5.40. The van der Waals surface area contributed by atoms with E-state index < -0.39 is 0 Å². The Morgan fingerprint density at radius 2 is 2.12 bits per heavy atom. The molecule has 1 aliphatic heterocycles. The zero-order valence-corrected chi connectivity index (χ0v) is 14.3. The van der Waals surface area contributed by atoms with Gasteiger partial charge in [-0.2, -0.15) is 0 Å². The van der Waals surface area contributed by atoms with Crippen molar-refractivity contribution in [3.05, 3.63) is 36.7 Å². The van der Waals surface area contributed by atoms with Crippen LogP contribution >= 0.6 is 0 Å². The predicted octanol–water partition coefficient (Wildman–Crippen LogP) is 2.19. The van der Waals surface area contributed by atoms with E-state index in [-0.39, 0.29) is 0 Å². The van der Waals surface area contributed by atoms with Crippen LogP contribution in [0.1, 0.15) is 6.42 Å². The van der Waals surface area contributed by atoms with E-state index in [0.29, 0.717) is 17.5 Å². The number of fused-ring (bicyclic) bond motifs is 1. The van der Waals surface area contributed by atoms with Gasteiger partial charge in [0.25, 0.3) is 0 Å². The molecule has 0 aliphatic carbocycles. The summed E-state index contributed by atoms with van der Waals surface area (Å²) in [5.41, 5.74) is 2.55. The molecule has 130 valence electrons. The van der Waals surface area contributed by atoms with Crippen LogP contribution in [0.3, 0.4) is 0 Å². The number of hydrogen-bond acceptors (Lipinski definition) is 6. The molecule has 0 radical (unpaired) electrons. The smallest absolute Gasteiger partial charge is 0.177 e. The lowest BCUT2D eigenvalue weighted by atomic mass is 10.2. The van der Waals surface area contributed by atoms with Crippen LogP contribution in [-0.4, -0.2) is 47.7 Å². The highest BCUT2D eigenvalue weighted by Gasteiger charge is 2.16. The molecule has 0 amide bonds. The van der Waals surface area contributed by atoms with Gasteiger partial charge in [-0.3, -0.25) is 4.40 Å². The van der Waals surface area contributed by atoms with Crippen LogP contribution in [0, 0.1) is 0 Å². The van der Waals surface area contributed by atoms with Crippen molar-refractivity contribution in [1.29, 1.82) is 0 Å². The van der Waals surface area contributed by atoms with Crippen LogP contribution in [0.4, 0.5) is 5.82 Å². The van der Waals surface area contributed by atoms with Crippen molar-refractivity contribution < 1.29 is 9.47 Å². The van der Waals surface area contributed by atoms with Crippen LogP contribution in [0.5, 0.6) is 11.5 Å². The molecule has 3 aromatic heterocycles. The van der Waals surface area contributed by atoms with Gasteiger partial charge in [0.2, 0.25) is 0 Å². The molecule has 1 saturated heterocycles. The van der Waals surface area contributed by atoms with Gasteiger partial charge < -0.3 is 20.1 Å². The molecule has 0 aromatic carbocycles. The third-order valence-electron chi connectivity index (χ3n) is 4.44. The maximum atomic E-state index is 5.40. The van der Waals surface area contributed by atoms with Gasteiger partial charge >= 0.3 is 0 Å². The monoisotopic (exact) mass is 339 g/mol. The van der Waals surface area contributed by atoms with Crippen molar-refractivity contribution in [3.8, 4) is 22.9 Å². The molecule has 0 spiro atoms. The van der Waals surface area contributed by atoms with E-state index in [1.54, 1.807) is 14.2 Å². The van der Waals surface area contributed by atoms with Crippen LogP contribution in [0.2, 0.25) is 0 Å². The zero-order chi connectivity index (χ0) is 17.2. The third kappa shape index (κ3) is 2.98. The Kier molecular flexibility index (Phi) is 4.15. The fourth-order valence-electron chi connectivity index (χ4n) is 3.13. The lowest BCUT2D eigenvalue weighted by Crippen LogP contribution is -2.22. The van der Waals surface area contributed by atoms with E-state index >= 15 is 0 Å². The van der Waals surface area contributed by atoms with Gasteiger partial charge in [-0.15, -0.1) is 0 Å². The Bertz CT molecular complexity index is 886. The molecule has 0 saturated carbocycles. The molecule has 4 rings (SSSR count). The number of aromatic nitrogens is 3. The standard InChI is InChI=1S/C18H21N5O2/c1-24-15-8-18-20-10-14(23(18)11-16(15)25-2)13-4-3-5-17(22-13)21-12-6-7-19-9-12/h3-5,8,10-12,19H,6-7,9H2,1-2H3,(H,21,22). The number of rotatable bonds is 5. The van der Waals surface area contributed by atoms with Gasteiger partial charge in [0, 0.05) is 18.7 Å². The second kappa shape index (κ2) is 6.60. The predicted molar refractivity (Wildman–Crippen MR) is 96.4 cm³/mol. The molecule has 7 heteroatoms. The molecular formula is C18H21N5O2. The number of methoxy groups -OCH3 is 2. The largest absolute Gasteiger partial charge is 0.493 e. The van der Waals surface area contributed by atoms with Gasteiger partial charge in [-0.1, -0.05) is 6.07 Å². The average Bonchev–Trinajstić information content (AvgIpc) is 3.29. The topological polar surface area (TPSA) is 72.7 Å². The number of ether oxygens (including phenoxy) is 2. The number of imidazole rings is 1. The van der Waals surface area contributed by atoms with Gasteiger partial charge in [0.1, 0.15) is 11.5 Å². The minimum atomic E-state index is 0.425. The van der Waals surface area contributed by atoms with Crippen molar-refractivity contribution in [1.82, 2.24) is 19.7 Å². The van der Waals surface area contributed by atoms with Crippen molar-refractivity contribution in [2.24, 2.45) is 0 Å². The Morgan fingerprint density at radius 1 is 1.24 bits per heavy atom. The minimum absolute atomic E-state index is 0.425. The van der Waals surface area contributed by atoms with Gasteiger partial charge in [-0.25, -0.2) is 9.97 Å². The lowest BCUT2D eigenvalue weighted by molar-refractivity contribution is 0.353. The molecule has 25 heavy (non-hydrogen) atoms. The fourth-order valence-corrected chi connectivity index (χ4v) is 3.13. The number of nitrogens with one attached hydrogen (secondary N) is 2. The average molecular weight is 339 g/mol. The van der Waals surface area contributed by atoms with E-state index in [1.165, 1.54) is 0 Å². The molecular weight excluding hydrogens is 318 g/mol. The fraction of sp³-hybridized carbons (Fsp3) is 0.333. The van der Waals surface area contributed by atoms with Crippen molar-refractivity contribution in [2.75, 3.05) is 32.6 Å². The molecule has 1 fully saturated rings. The summed E-state index contributed by atoms with van der Waals surface area (Å²) in [6.45, 7) is 2.02. The molecule has 2 N–H and O–H groups in total. The molecule has 7 nitrogen and oxygen atoms in total. The third-order valence-corrected chi connectivity index (χ3v) is 4.44. The second-order valence-corrected chi connectivity index (χ2v) is 6.02. The lowest BCUT2D eigenvalue weighted by Gasteiger charge is -2.13. The number of hydrogen-bond donors (Lipinski definition) is 2. The highest BCUT2D eigenvalue weighted by molar-refractivity contribution is 5.64. The Labute approximate surface area is 146 Å². The second-order valence-electron chi connectivity index (χ2n) is 6.02. The summed E-state index contributed by atoms with van der Waals surface area (Å²) in [5, 5.41) is 6.84. The highest BCUT2D eigenvalue weighted by Crippen LogP contribution is 2.30. The zero-order valence-electron chi connectivity index (χ0n) is 14.3. The molecule has 1 atom stereocenters. The highest BCUT2D eigenvalue weighted by atomic mass is 16.5. The summed E-state index contributed by atoms with van der Waals surface area (Å²) >= 11 is 0. The Hall–Kier alpha value is -2.80. The quantitative estimate of drug-likeness (QED) is 0.742. The first-order chi connectivity index (χ1) is 12.3. The van der Waals surface area contributed by atoms with Crippen LogP contribution in [0.15, 0.2) is 36.7 Å². The SMILES string of the molecule is COc1cc2ncc(-c3cccc(NC4CCNC4)n3)n2cc1OC. The number of nitrogens with zero attached hydrogens (tertiary/aromatic N) is 3. The molecule has 3 aromatic rings. The van der Waals surface area contributed by atoms with Gasteiger partial charge in [0.05, 0.1) is 38.0 Å². The Balaban J connectivity index is 1.71. The van der Waals surface area contributed by atoms with E-state index in [9.17, 15) is 0 Å². The maximum Gasteiger partial charge on any atom is 0.177 e. The van der Waals surface area contributed by atoms with E-state index in [4.69, 9.17) is 14.5 Å². The number of pyridine rings is 2. The first-order valence-corrected chi connectivity index (χ1v) is 8.32. The molecule has 0 bridgehead atoms. The number of anilines is 1. The molecule has 1 unspecified atom stereocenters. The van der Waals surface area contributed by atoms with E-state index in [0.717, 1.165) is 42.4 Å². The van der Waals surface area contributed by atoms with Crippen molar-refractivity contribution in [3.63, 3.8) is 0 Å². The first-order valence-electron chi connectivity index (χ1n) is 8.32. The molecule has 4 heterocycles. The summed E-state index contributed by atoms with van der Waals surface area (Å²) < 4.78 is 12.7.